The number of fused-ring (bicyclic) bond motifs is 1. The van der Waals surface area contributed by atoms with Crippen LogP contribution in [0.2, 0.25) is 0 Å². The minimum absolute atomic E-state index is 0.0262. The predicted octanol–water partition coefficient (Wildman–Crippen LogP) is 1.95. The van der Waals surface area contributed by atoms with Crippen LogP contribution < -0.4 is 11.1 Å². The van der Waals surface area contributed by atoms with Gasteiger partial charge >= 0.3 is 0 Å². The first-order chi connectivity index (χ1) is 12.6. The fourth-order valence-corrected chi connectivity index (χ4v) is 4.74. The zero-order valence-corrected chi connectivity index (χ0v) is 15.3. The summed E-state index contributed by atoms with van der Waals surface area (Å²) < 4.78 is 0. The first kappa shape index (κ1) is 17.5. The molecule has 1 aromatic carbocycles. The first-order valence-electron chi connectivity index (χ1n) is 10.0. The number of nitrogens with one attached hydrogen (secondary N) is 1. The Balaban J connectivity index is 1.33. The molecule has 0 aromatic heterocycles. The second kappa shape index (κ2) is 7.39. The van der Waals surface area contributed by atoms with Gasteiger partial charge in [0.2, 0.25) is 11.8 Å². The van der Waals surface area contributed by atoms with Crippen molar-refractivity contribution in [2.45, 2.75) is 62.9 Å². The highest BCUT2D eigenvalue weighted by Gasteiger charge is 2.41. The Morgan fingerprint density at radius 3 is 2.65 bits per heavy atom. The molecule has 2 amide bonds. The summed E-state index contributed by atoms with van der Waals surface area (Å²) in [6.45, 7) is 1.42. The van der Waals surface area contributed by atoms with E-state index in [0.29, 0.717) is 18.5 Å². The zero-order chi connectivity index (χ0) is 18.1. The molecule has 5 nitrogen and oxygen atoms in total. The summed E-state index contributed by atoms with van der Waals surface area (Å²) in [5.41, 5.74) is 8.36. The van der Waals surface area contributed by atoms with E-state index in [9.17, 15) is 9.59 Å². The molecule has 1 heterocycles. The molecule has 0 radical (unpaired) electrons. The Bertz CT molecular complexity index is 682. The van der Waals surface area contributed by atoms with Gasteiger partial charge in [0, 0.05) is 19.1 Å². The maximum atomic E-state index is 13.0. The largest absolute Gasteiger partial charge is 0.354 e. The normalized spacial score (nSPS) is 30.4. The smallest absolute Gasteiger partial charge is 0.242 e. The average molecular weight is 355 g/mol. The monoisotopic (exact) mass is 355 g/mol. The van der Waals surface area contributed by atoms with Crippen molar-refractivity contribution in [3.8, 4) is 0 Å². The minimum atomic E-state index is -0.291. The lowest BCUT2D eigenvalue weighted by atomic mass is 9.77. The molecule has 0 bridgehead atoms. The van der Waals surface area contributed by atoms with Gasteiger partial charge < -0.3 is 16.0 Å². The Kier molecular flexibility index (Phi) is 4.98. The number of amides is 2. The molecule has 26 heavy (non-hydrogen) atoms. The predicted molar refractivity (Wildman–Crippen MR) is 101 cm³/mol. The van der Waals surface area contributed by atoms with Gasteiger partial charge in [0.1, 0.15) is 6.04 Å². The molecule has 1 aliphatic heterocycles. The van der Waals surface area contributed by atoms with Crippen LogP contribution in [0.15, 0.2) is 24.3 Å². The number of likely N-dealkylation sites (tertiary alicyclic amines) is 1. The fraction of sp³-hybridized carbons (Fsp3) is 0.619. The van der Waals surface area contributed by atoms with Crippen LogP contribution in [0.25, 0.3) is 0 Å². The molecule has 4 rings (SSSR count). The molecule has 1 saturated heterocycles. The van der Waals surface area contributed by atoms with Crippen molar-refractivity contribution in [1.29, 1.82) is 0 Å². The topological polar surface area (TPSA) is 75.4 Å². The quantitative estimate of drug-likeness (QED) is 0.867. The van der Waals surface area contributed by atoms with Crippen molar-refractivity contribution in [2.75, 3.05) is 13.1 Å². The molecule has 2 atom stereocenters. The average Bonchev–Trinajstić information content (AvgIpc) is 3.12. The molecule has 1 aromatic rings. The van der Waals surface area contributed by atoms with Gasteiger partial charge in [0.15, 0.2) is 0 Å². The molecule has 2 fully saturated rings. The molecule has 5 heteroatoms. The second-order valence-electron chi connectivity index (χ2n) is 8.17. The summed E-state index contributed by atoms with van der Waals surface area (Å²) in [7, 11) is 0. The molecule has 3 N–H and O–H groups in total. The SMILES string of the molecule is NC1CCC(CNC(=O)[C@@H]2CCCN2C(=O)C2Cc3ccccc32)CC1. The van der Waals surface area contributed by atoms with E-state index in [2.05, 4.69) is 11.4 Å². The van der Waals surface area contributed by atoms with E-state index < -0.39 is 0 Å². The van der Waals surface area contributed by atoms with Crippen molar-refractivity contribution in [3.63, 3.8) is 0 Å². The van der Waals surface area contributed by atoms with Gasteiger partial charge in [0.25, 0.3) is 0 Å². The number of hydrogen-bond acceptors (Lipinski definition) is 3. The van der Waals surface area contributed by atoms with Gasteiger partial charge in [-0.15, -0.1) is 0 Å². The molecule has 140 valence electrons. The molecule has 1 saturated carbocycles. The van der Waals surface area contributed by atoms with Crippen LogP contribution in [-0.2, 0) is 16.0 Å². The number of carbonyl (C=O) groups excluding carboxylic acids is 2. The van der Waals surface area contributed by atoms with Gasteiger partial charge in [-0.25, -0.2) is 0 Å². The van der Waals surface area contributed by atoms with E-state index in [1.54, 1.807) is 0 Å². The van der Waals surface area contributed by atoms with Crippen LogP contribution in [0.3, 0.4) is 0 Å². The molecule has 2 aliphatic carbocycles. The van der Waals surface area contributed by atoms with Crippen LogP contribution in [0.1, 0.15) is 55.6 Å². The van der Waals surface area contributed by atoms with E-state index in [0.717, 1.165) is 57.1 Å². The number of rotatable bonds is 4. The van der Waals surface area contributed by atoms with Crippen molar-refractivity contribution in [3.05, 3.63) is 35.4 Å². The van der Waals surface area contributed by atoms with Gasteiger partial charge in [-0.3, -0.25) is 9.59 Å². The molecule has 1 unspecified atom stereocenters. The van der Waals surface area contributed by atoms with E-state index in [-0.39, 0.29) is 23.8 Å². The lowest BCUT2D eigenvalue weighted by Crippen LogP contribution is -2.49. The number of hydrogen-bond donors (Lipinski definition) is 2. The third-order valence-electron chi connectivity index (χ3n) is 6.45. The van der Waals surface area contributed by atoms with E-state index in [1.807, 2.05) is 23.1 Å². The summed E-state index contributed by atoms with van der Waals surface area (Å²) in [5.74, 6) is 0.630. The highest BCUT2D eigenvalue weighted by atomic mass is 16.2. The van der Waals surface area contributed by atoms with Crippen LogP contribution >= 0.6 is 0 Å². The summed E-state index contributed by atoms with van der Waals surface area (Å²) in [6.07, 6.45) is 6.78. The number of carbonyl (C=O) groups is 2. The van der Waals surface area contributed by atoms with Crippen LogP contribution in [-0.4, -0.2) is 41.9 Å². The van der Waals surface area contributed by atoms with Crippen LogP contribution in [0.5, 0.6) is 0 Å². The van der Waals surface area contributed by atoms with Gasteiger partial charge in [-0.1, -0.05) is 24.3 Å². The lowest BCUT2D eigenvalue weighted by Gasteiger charge is -2.34. The third-order valence-corrected chi connectivity index (χ3v) is 6.45. The summed E-state index contributed by atoms with van der Waals surface area (Å²) >= 11 is 0. The summed E-state index contributed by atoms with van der Waals surface area (Å²) in [4.78, 5) is 27.5. The Hall–Kier alpha value is -1.88. The number of nitrogens with zero attached hydrogens (tertiary/aromatic N) is 1. The van der Waals surface area contributed by atoms with Crippen molar-refractivity contribution < 1.29 is 9.59 Å². The Morgan fingerprint density at radius 2 is 1.88 bits per heavy atom. The minimum Gasteiger partial charge on any atom is -0.354 e. The molecule has 0 spiro atoms. The van der Waals surface area contributed by atoms with Crippen molar-refractivity contribution >= 4 is 11.8 Å². The zero-order valence-electron chi connectivity index (χ0n) is 15.3. The second-order valence-corrected chi connectivity index (χ2v) is 8.17. The number of nitrogens with two attached hydrogens (primary N) is 1. The van der Waals surface area contributed by atoms with Gasteiger partial charge in [-0.05, 0) is 62.0 Å². The highest BCUT2D eigenvalue weighted by Crippen LogP contribution is 2.37. The number of benzene rings is 1. The van der Waals surface area contributed by atoms with Gasteiger partial charge in [0.05, 0.1) is 5.92 Å². The van der Waals surface area contributed by atoms with E-state index >= 15 is 0 Å². The maximum absolute atomic E-state index is 13.0. The maximum Gasteiger partial charge on any atom is 0.242 e. The molecule has 3 aliphatic rings. The van der Waals surface area contributed by atoms with Crippen LogP contribution in [0, 0.1) is 5.92 Å². The standard InChI is InChI=1S/C21H29N3O2/c22-16-9-7-14(8-10-16)13-23-20(25)19-6-3-11-24(19)21(26)18-12-15-4-1-2-5-17(15)18/h1-2,4-5,14,16,18-19H,3,6-13,22H2,(H,23,25)/t14?,16?,18?,19-/m0/s1. The van der Waals surface area contributed by atoms with E-state index in [1.165, 1.54) is 5.56 Å². The first-order valence-corrected chi connectivity index (χ1v) is 10.0. The highest BCUT2D eigenvalue weighted by molar-refractivity contribution is 5.92. The molecular weight excluding hydrogens is 326 g/mol. The lowest BCUT2D eigenvalue weighted by molar-refractivity contribution is -0.140. The van der Waals surface area contributed by atoms with E-state index in [4.69, 9.17) is 5.73 Å². The third kappa shape index (κ3) is 3.37. The summed E-state index contributed by atoms with van der Waals surface area (Å²) in [6, 6.07) is 8.17. The fourth-order valence-electron chi connectivity index (χ4n) is 4.74. The molecular formula is C21H29N3O2. The Morgan fingerprint density at radius 1 is 1.12 bits per heavy atom. The van der Waals surface area contributed by atoms with Crippen molar-refractivity contribution in [1.82, 2.24) is 10.2 Å². The summed E-state index contributed by atoms with van der Waals surface area (Å²) in [5, 5.41) is 3.11. The van der Waals surface area contributed by atoms with Crippen molar-refractivity contribution in [2.24, 2.45) is 11.7 Å². The van der Waals surface area contributed by atoms with Crippen LogP contribution in [0.4, 0.5) is 0 Å². The Labute approximate surface area is 155 Å². The van der Waals surface area contributed by atoms with Gasteiger partial charge in [-0.2, -0.15) is 0 Å².